The molecule has 0 aliphatic carbocycles. The predicted molar refractivity (Wildman–Crippen MR) is 82.0 cm³/mol. The van der Waals surface area contributed by atoms with E-state index in [0.29, 0.717) is 0 Å². The van der Waals surface area contributed by atoms with Crippen LogP contribution in [0.1, 0.15) is 5.82 Å². The summed E-state index contributed by atoms with van der Waals surface area (Å²) in [7, 11) is 1.47. The summed E-state index contributed by atoms with van der Waals surface area (Å²) in [6.07, 6.45) is 0. The summed E-state index contributed by atoms with van der Waals surface area (Å²) >= 11 is 1.43. The minimum atomic E-state index is -0.322. The first-order valence-electron chi connectivity index (χ1n) is 6.81. The Balaban J connectivity index is 1.67. The van der Waals surface area contributed by atoms with E-state index >= 15 is 0 Å². The SMILES string of the molecule is COc1ccc(N2CCN(c3nc(C)ns3)CC2)cc1F. The van der Waals surface area contributed by atoms with Crippen LogP contribution in [0.25, 0.3) is 0 Å². The number of halogens is 1. The molecule has 0 unspecified atom stereocenters. The lowest BCUT2D eigenvalue weighted by molar-refractivity contribution is 0.386. The normalized spacial score (nSPS) is 15.4. The zero-order valence-corrected chi connectivity index (χ0v) is 12.9. The number of hydrogen-bond donors (Lipinski definition) is 0. The van der Waals surface area contributed by atoms with Gasteiger partial charge in [0.15, 0.2) is 11.6 Å². The first-order chi connectivity index (χ1) is 10.2. The van der Waals surface area contributed by atoms with E-state index in [9.17, 15) is 4.39 Å². The largest absolute Gasteiger partial charge is 0.494 e. The highest BCUT2D eigenvalue weighted by Gasteiger charge is 2.20. The van der Waals surface area contributed by atoms with Gasteiger partial charge in [-0.05, 0) is 19.1 Å². The van der Waals surface area contributed by atoms with Crippen LogP contribution in [0.4, 0.5) is 15.2 Å². The van der Waals surface area contributed by atoms with Crippen LogP contribution in [-0.4, -0.2) is 42.6 Å². The van der Waals surface area contributed by atoms with Crippen molar-refractivity contribution in [2.24, 2.45) is 0 Å². The number of nitrogens with zero attached hydrogens (tertiary/aromatic N) is 4. The summed E-state index contributed by atoms with van der Waals surface area (Å²) in [5.41, 5.74) is 0.890. The fourth-order valence-corrected chi connectivity index (χ4v) is 3.15. The van der Waals surface area contributed by atoms with Crippen molar-refractivity contribution >= 4 is 22.4 Å². The molecule has 5 nitrogen and oxygen atoms in total. The number of piperazine rings is 1. The summed E-state index contributed by atoms with van der Waals surface area (Å²) in [5.74, 6) is 0.772. The second-order valence-electron chi connectivity index (χ2n) is 4.92. The molecule has 0 atom stereocenters. The van der Waals surface area contributed by atoms with Gasteiger partial charge in [-0.15, -0.1) is 0 Å². The van der Waals surface area contributed by atoms with Crippen molar-refractivity contribution in [3.8, 4) is 5.75 Å². The lowest BCUT2D eigenvalue weighted by Gasteiger charge is -2.35. The molecule has 0 radical (unpaired) electrons. The van der Waals surface area contributed by atoms with Gasteiger partial charge in [0.25, 0.3) is 0 Å². The lowest BCUT2D eigenvalue weighted by Crippen LogP contribution is -2.46. The Morgan fingerprint density at radius 3 is 2.48 bits per heavy atom. The molecule has 0 N–H and O–H groups in total. The van der Waals surface area contributed by atoms with Gasteiger partial charge in [0.05, 0.1) is 7.11 Å². The third-order valence-corrected chi connectivity index (χ3v) is 4.44. The van der Waals surface area contributed by atoms with Gasteiger partial charge in [0.1, 0.15) is 5.82 Å². The Hall–Kier alpha value is -1.89. The van der Waals surface area contributed by atoms with E-state index in [1.165, 1.54) is 24.7 Å². The number of methoxy groups -OCH3 is 1. The van der Waals surface area contributed by atoms with E-state index in [2.05, 4.69) is 19.2 Å². The number of ether oxygens (including phenoxy) is 1. The summed E-state index contributed by atoms with van der Waals surface area (Å²) in [4.78, 5) is 8.80. The highest BCUT2D eigenvalue weighted by molar-refractivity contribution is 7.09. The average molecular weight is 308 g/mol. The Labute approximate surface area is 127 Å². The number of rotatable bonds is 3. The van der Waals surface area contributed by atoms with Crippen LogP contribution < -0.4 is 14.5 Å². The van der Waals surface area contributed by atoms with Crippen molar-refractivity contribution in [2.75, 3.05) is 43.1 Å². The highest BCUT2D eigenvalue weighted by atomic mass is 32.1. The Kier molecular flexibility index (Phi) is 3.92. The number of hydrogen-bond acceptors (Lipinski definition) is 6. The Morgan fingerprint density at radius 2 is 1.90 bits per heavy atom. The summed E-state index contributed by atoms with van der Waals surface area (Å²) < 4.78 is 22.9. The molecule has 2 aromatic rings. The monoisotopic (exact) mass is 308 g/mol. The van der Waals surface area contributed by atoms with Gasteiger partial charge >= 0.3 is 0 Å². The van der Waals surface area contributed by atoms with E-state index in [0.717, 1.165) is 42.8 Å². The van der Waals surface area contributed by atoms with Crippen molar-refractivity contribution in [1.82, 2.24) is 9.36 Å². The number of anilines is 2. The van der Waals surface area contributed by atoms with Crippen LogP contribution in [0.3, 0.4) is 0 Å². The van der Waals surface area contributed by atoms with Crippen molar-refractivity contribution in [3.05, 3.63) is 29.8 Å². The lowest BCUT2D eigenvalue weighted by atomic mass is 10.2. The number of benzene rings is 1. The summed E-state index contributed by atoms with van der Waals surface area (Å²) in [6.45, 7) is 5.30. The maximum Gasteiger partial charge on any atom is 0.205 e. The molecular weight excluding hydrogens is 291 g/mol. The zero-order valence-electron chi connectivity index (χ0n) is 12.0. The molecule has 1 aliphatic heterocycles. The fraction of sp³-hybridized carbons (Fsp3) is 0.429. The predicted octanol–water partition coefficient (Wildman–Crippen LogP) is 2.32. The first-order valence-corrected chi connectivity index (χ1v) is 7.58. The Morgan fingerprint density at radius 1 is 1.19 bits per heavy atom. The van der Waals surface area contributed by atoms with Crippen molar-refractivity contribution in [1.29, 1.82) is 0 Å². The van der Waals surface area contributed by atoms with E-state index in [1.807, 2.05) is 13.0 Å². The van der Waals surface area contributed by atoms with E-state index in [1.54, 1.807) is 6.07 Å². The molecule has 2 heterocycles. The maximum atomic E-state index is 13.8. The standard InChI is InChI=1S/C14H17FN4OS/c1-10-16-14(21-17-10)19-7-5-18(6-8-19)11-3-4-13(20-2)12(15)9-11/h3-4,9H,5-8H2,1-2H3. The van der Waals surface area contributed by atoms with Gasteiger partial charge in [-0.2, -0.15) is 4.37 Å². The van der Waals surface area contributed by atoms with Gasteiger partial charge in [-0.25, -0.2) is 9.37 Å². The minimum Gasteiger partial charge on any atom is -0.494 e. The van der Waals surface area contributed by atoms with E-state index < -0.39 is 0 Å². The fourth-order valence-electron chi connectivity index (χ4n) is 2.42. The highest BCUT2D eigenvalue weighted by Crippen LogP contribution is 2.25. The molecular formula is C14H17FN4OS. The van der Waals surface area contributed by atoms with Gasteiger partial charge in [-0.3, -0.25) is 0 Å². The van der Waals surface area contributed by atoms with Gasteiger partial charge in [0.2, 0.25) is 5.13 Å². The van der Waals surface area contributed by atoms with Crippen LogP contribution in [0.15, 0.2) is 18.2 Å². The first kappa shape index (κ1) is 14.1. The van der Waals surface area contributed by atoms with Crippen LogP contribution in [-0.2, 0) is 0 Å². The van der Waals surface area contributed by atoms with E-state index in [-0.39, 0.29) is 11.6 Å². The second-order valence-corrected chi connectivity index (χ2v) is 5.65. The minimum absolute atomic E-state index is 0.279. The molecule has 0 spiro atoms. The van der Waals surface area contributed by atoms with Crippen LogP contribution in [0.5, 0.6) is 5.75 Å². The number of aromatic nitrogens is 2. The average Bonchev–Trinajstić information content (AvgIpc) is 2.94. The molecule has 1 saturated heterocycles. The molecule has 0 bridgehead atoms. The summed E-state index contributed by atoms with van der Waals surface area (Å²) in [6, 6.07) is 5.10. The topological polar surface area (TPSA) is 41.5 Å². The second kappa shape index (κ2) is 5.85. The maximum absolute atomic E-state index is 13.8. The molecule has 112 valence electrons. The van der Waals surface area contributed by atoms with Gasteiger partial charge in [0, 0.05) is 49.5 Å². The summed E-state index contributed by atoms with van der Waals surface area (Å²) in [5, 5.41) is 0.966. The van der Waals surface area contributed by atoms with Crippen molar-refractivity contribution in [2.45, 2.75) is 6.92 Å². The number of aryl methyl sites for hydroxylation is 1. The molecule has 3 rings (SSSR count). The van der Waals surface area contributed by atoms with Crippen LogP contribution in [0, 0.1) is 12.7 Å². The molecule has 21 heavy (non-hydrogen) atoms. The molecule has 1 fully saturated rings. The molecule has 1 aromatic heterocycles. The molecule has 0 amide bonds. The molecule has 0 saturated carbocycles. The van der Waals surface area contributed by atoms with Gasteiger partial charge in [-0.1, -0.05) is 0 Å². The molecule has 7 heteroatoms. The zero-order chi connectivity index (χ0) is 14.8. The van der Waals surface area contributed by atoms with Gasteiger partial charge < -0.3 is 14.5 Å². The van der Waals surface area contributed by atoms with Crippen molar-refractivity contribution < 1.29 is 9.13 Å². The Bertz CT molecular complexity index is 625. The van der Waals surface area contributed by atoms with Crippen LogP contribution >= 0.6 is 11.5 Å². The third-order valence-electron chi connectivity index (χ3n) is 3.57. The quantitative estimate of drug-likeness (QED) is 0.870. The third kappa shape index (κ3) is 2.92. The smallest absolute Gasteiger partial charge is 0.205 e. The van der Waals surface area contributed by atoms with Crippen molar-refractivity contribution in [3.63, 3.8) is 0 Å². The molecule has 1 aromatic carbocycles. The molecule has 1 aliphatic rings. The van der Waals surface area contributed by atoms with E-state index in [4.69, 9.17) is 4.74 Å². The van der Waals surface area contributed by atoms with Crippen LogP contribution in [0.2, 0.25) is 0 Å².